The minimum Gasteiger partial charge on any atom is -0.399 e. The van der Waals surface area contributed by atoms with Gasteiger partial charge in [-0.1, -0.05) is 0 Å². The van der Waals surface area contributed by atoms with Gasteiger partial charge in [0, 0.05) is 11.0 Å². The Labute approximate surface area is 73.2 Å². The first-order valence-corrected chi connectivity index (χ1v) is 6.43. The van der Waals surface area contributed by atoms with Crippen molar-refractivity contribution in [3.8, 4) is 0 Å². The lowest BCUT2D eigenvalue weighted by atomic mass is 10.2. The van der Waals surface area contributed by atoms with Crippen LogP contribution in [0.25, 0.3) is 0 Å². The van der Waals surface area contributed by atoms with Crippen molar-refractivity contribution in [2.75, 3.05) is 19.1 Å². The van der Waals surface area contributed by atoms with Gasteiger partial charge in [0.15, 0.2) is 0 Å². The molecule has 0 unspecified atom stereocenters. The molecule has 0 aliphatic heterocycles. The Morgan fingerprint density at radius 3 is 2.33 bits per heavy atom. The highest BCUT2D eigenvalue weighted by Gasteiger charge is 2.10. The largest absolute Gasteiger partial charge is 0.399 e. The molecule has 2 N–H and O–H groups in total. The van der Waals surface area contributed by atoms with E-state index in [-0.39, 0.29) is 0 Å². The van der Waals surface area contributed by atoms with Gasteiger partial charge in [-0.2, -0.15) is 0 Å². The molecule has 0 fully saturated rings. The Kier molecular flexibility index (Phi) is 2.29. The minimum absolute atomic E-state index is 0.757. The summed E-state index contributed by atoms with van der Waals surface area (Å²) in [4.78, 5) is 0. The van der Waals surface area contributed by atoms with Crippen molar-refractivity contribution in [1.29, 1.82) is 0 Å². The highest BCUT2D eigenvalue weighted by Crippen LogP contribution is 2.35. The zero-order valence-electron chi connectivity index (χ0n) is 7.66. The normalized spacial score (nSPS) is 11.6. The summed E-state index contributed by atoms with van der Waals surface area (Å²) in [5, 5.41) is 0.897. The van der Waals surface area contributed by atoms with Crippen molar-refractivity contribution in [3.05, 3.63) is 23.8 Å². The van der Waals surface area contributed by atoms with E-state index in [2.05, 4.69) is 0 Å². The summed E-state index contributed by atoms with van der Waals surface area (Å²) in [6.45, 7) is 5.45. The predicted octanol–water partition coefficient (Wildman–Crippen LogP) is 1.83. The molecule has 0 heterocycles. The molecule has 0 atom stereocenters. The summed E-state index contributed by atoms with van der Waals surface area (Å²) in [7, 11) is -2.12. The SMILES string of the molecule is Cc1cc(P(C)(C)=O)ccc1N. The van der Waals surface area contributed by atoms with Crippen LogP contribution in [-0.2, 0) is 4.57 Å². The van der Waals surface area contributed by atoms with Crippen molar-refractivity contribution in [3.63, 3.8) is 0 Å². The molecular formula is C9H14NOP. The second-order valence-electron chi connectivity index (χ2n) is 3.39. The molecule has 1 rings (SSSR count). The standard InChI is InChI=1S/C9H14NOP/c1-7-6-8(12(2,3)11)4-5-9(7)10/h4-6H,10H2,1-3H3. The fourth-order valence-electron chi connectivity index (χ4n) is 0.995. The van der Waals surface area contributed by atoms with Crippen LogP contribution in [0.1, 0.15) is 5.56 Å². The van der Waals surface area contributed by atoms with E-state index in [0.29, 0.717) is 0 Å². The highest BCUT2D eigenvalue weighted by molar-refractivity contribution is 7.70. The Morgan fingerprint density at radius 2 is 1.92 bits per heavy atom. The molecule has 12 heavy (non-hydrogen) atoms. The number of aryl methyl sites for hydroxylation is 1. The molecule has 66 valence electrons. The number of rotatable bonds is 1. The maximum Gasteiger partial charge on any atom is 0.109 e. The Hall–Kier alpha value is -0.750. The highest BCUT2D eigenvalue weighted by atomic mass is 31.2. The molecule has 0 amide bonds. The smallest absolute Gasteiger partial charge is 0.109 e. The molecule has 0 aromatic heterocycles. The number of nitrogens with two attached hydrogens (primary N) is 1. The molecular weight excluding hydrogens is 169 g/mol. The van der Waals surface area contributed by atoms with Gasteiger partial charge in [-0.25, -0.2) is 0 Å². The molecule has 0 aliphatic carbocycles. The van der Waals surface area contributed by atoms with Crippen LogP contribution in [0, 0.1) is 6.92 Å². The summed E-state index contributed by atoms with van der Waals surface area (Å²) < 4.78 is 11.6. The first-order valence-electron chi connectivity index (χ1n) is 3.83. The number of hydrogen-bond acceptors (Lipinski definition) is 2. The number of nitrogen functional groups attached to an aromatic ring is 1. The van der Waals surface area contributed by atoms with Crippen molar-refractivity contribution in [2.45, 2.75) is 6.92 Å². The van der Waals surface area contributed by atoms with Crippen LogP contribution in [-0.4, -0.2) is 13.3 Å². The van der Waals surface area contributed by atoms with E-state index in [0.717, 1.165) is 16.6 Å². The van der Waals surface area contributed by atoms with Gasteiger partial charge in [0.2, 0.25) is 0 Å². The first-order chi connectivity index (χ1) is 5.41. The van der Waals surface area contributed by atoms with Gasteiger partial charge in [-0.05, 0) is 44.0 Å². The van der Waals surface area contributed by atoms with Gasteiger partial charge in [-0.15, -0.1) is 0 Å². The van der Waals surface area contributed by atoms with Crippen LogP contribution in [0.2, 0.25) is 0 Å². The molecule has 0 saturated carbocycles. The molecule has 0 spiro atoms. The lowest BCUT2D eigenvalue weighted by Crippen LogP contribution is -2.04. The lowest BCUT2D eigenvalue weighted by Gasteiger charge is -2.08. The van der Waals surface area contributed by atoms with Crippen molar-refractivity contribution in [1.82, 2.24) is 0 Å². The van der Waals surface area contributed by atoms with Crippen LogP contribution in [0.3, 0.4) is 0 Å². The van der Waals surface area contributed by atoms with Crippen molar-refractivity contribution >= 4 is 18.1 Å². The van der Waals surface area contributed by atoms with E-state index in [1.165, 1.54) is 0 Å². The van der Waals surface area contributed by atoms with E-state index >= 15 is 0 Å². The molecule has 0 bridgehead atoms. The fraction of sp³-hybridized carbons (Fsp3) is 0.333. The van der Waals surface area contributed by atoms with Gasteiger partial charge >= 0.3 is 0 Å². The van der Waals surface area contributed by atoms with Crippen LogP contribution in [0.5, 0.6) is 0 Å². The number of anilines is 1. The van der Waals surface area contributed by atoms with Gasteiger partial charge in [0.05, 0.1) is 0 Å². The summed E-state index contributed by atoms with van der Waals surface area (Å²) >= 11 is 0. The van der Waals surface area contributed by atoms with E-state index in [1.54, 1.807) is 13.3 Å². The number of benzene rings is 1. The summed E-state index contributed by atoms with van der Waals surface area (Å²) in [6.07, 6.45) is 0. The molecule has 1 aromatic carbocycles. The summed E-state index contributed by atoms with van der Waals surface area (Å²) in [6, 6.07) is 5.55. The van der Waals surface area contributed by atoms with Crippen molar-refractivity contribution < 1.29 is 4.57 Å². The fourth-order valence-corrected chi connectivity index (χ4v) is 1.93. The molecule has 3 heteroatoms. The third kappa shape index (κ3) is 1.89. The van der Waals surface area contributed by atoms with Gasteiger partial charge in [0.1, 0.15) is 7.14 Å². The Bertz CT molecular complexity index is 340. The average molecular weight is 183 g/mol. The van der Waals surface area contributed by atoms with Crippen LogP contribution in [0.4, 0.5) is 5.69 Å². The third-order valence-electron chi connectivity index (χ3n) is 1.88. The summed E-state index contributed by atoms with van der Waals surface area (Å²) in [5.74, 6) is 0. The maximum absolute atomic E-state index is 11.6. The van der Waals surface area contributed by atoms with Crippen LogP contribution >= 0.6 is 7.14 Å². The molecule has 2 nitrogen and oxygen atoms in total. The van der Waals surface area contributed by atoms with Gasteiger partial charge in [-0.3, -0.25) is 0 Å². The lowest BCUT2D eigenvalue weighted by molar-refractivity contribution is 0.588. The van der Waals surface area contributed by atoms with E-state index in [9.17, 15) is 4.57 Å². The Morgan fingerprint density at radius 1 is 1.33 bits per heavy atom. The maximum atomic E-state index is 11.6. The van der Waals surface area contributed by atoms with Gasteiger partial charge in [0.25, 0.3) is 0 Å². The monoisotopic (exact) mass is 183 g/mol. The zero-order valence-corrected chi connectivity index (χ0v) is 8.56. The molecule has 0 saturated heterocycles. The third-order valence-corrected chi connectivity index (χ3v) is 3.40. The second kappa shape index (κ2) is 2.95. The van der Waals surface area contributed by atoms with Crippen molar-refractivity contribution in [2.24, 2.45) is 0 Å². The second-order valence-corrected chi connectivity index (χ2v) is 6.61. The number of hydrogen-bond donors (Lipinski definition) is 1. The Balaban J connectivity index is 3.23. The topological polar surface area (TPSA) is 43.1 Å². The van der Waals surface area contributed by atoms with Crippen LogP contribution < -0.4 is 11.0 Å². The molecule has 0 aliphatic rings. The quantitative estimate of drug-likeness (QED) is 0.533. The first kappa shape index (κ1) is 9.34. The summed E-state index contributed by atoms with van der Waals surface area (Å²) in [5.41, 5.74) is 7.40. The average Bonchev–Trinajstić information content (AvgIpc) is 1.92. The molecule has 0 radical (unpaired) electrons. The van der Waals surface area contributed by atoms with E-state index in [1.807, 2.05) is 25.1 Å². The predicted molar refractivity (Wildman–Crippen MR) is 54.7 cm³/mol. The van der Waals surface area contributed by atoms with Gasteiger partial charge < -0.3 is 10.3 Å². The zero-order chi connectivity index (χ0) is 9.35. The minimum atomic E-state index is -2.12. The molecule has 1 aromatic rings. The van der Waals surface area contributed by atoms with E-state index in [4.69, 9.17) is 5.73 Å². The van der Waals surface area contributed by atoms with E-state index < -0.39 is 7.14 Å². The van der Waals surface area contributed by atoms with Crippen LogP contribution in [0.15, 0.2) is 18.2 Å².